The number of unbranched alkanes of at least 4 members (excludes halogenated alkanes) is 27. The van der Waals surface area contributed by atoms with Crippen LogP contribution in [-0.2, 0) is 37.5 Å². The summed E-state index contributed by atoms with van der Waals surface area (Å²) < 4.78 is 32.7. The second-order valence-corrected chi connectivity index (χ2v) is 17.7. The Morgan fingerprint density at radius 1 is 0.533 bits per heavy atom. The molecule has 0 bridgehead atoms. The van der Waals surface area contributed by atoms with Crippen LogP contribution in [0.25, 0.3) is 0 Å². The molecular weight excluding hydrogens is 781 g/mol. The van der Waals surface area contributed by atoms with E-state index in [0.29, 0.717) is 12.8 Å². The maximum atomic E-state index is 12.6. The zero-order chi connectivity index (χ0) is 44.2. The van der Waals surface area contributed by atoms with Crippen LogP contribution in [0, 0.1) is 0 Å². The average Bonchev–Trinajstić information content (AvgIpc) is 3.22. The minimum Gasteiger partial charge on any atom is -0.480 e. The highest BCUT2D eigenvalue weighted by Crippen LogP contribution is 2.43. The van der Waals surface area contributed by atoms with E-state index in [0.717, 1.165) is 57.8 Å². The minimum atomic E-state index is -4.72. The van der Waals surface area contributed by atoms with E-state index in [9.17, 15) is 23.8 Å². The Labute approximate surface area is 365 Å². The second-order valence-electron chi connectivity index (χ2n) is 16.3. The quantitative estimate of drug-likeness (QED) is 0.0230. The number of carbonyl (C=O) groups is 3. The number of allylic oxidation sites excluding steroid dienone is 6. The Morgan fingerprint density at radius 3 is 1.38 bits per heavy atom. The van der Waals surface area contributed by atoms with Crippen LogP contribution in [0.3, 0.4) is 0 Å². The topological polar surface area (TPSA) is 172 Å². The van der Waals surface area contributed by atoms with Gasteiger partial charge in [-0.2, -0.15) is 0 Å². The van der Waals surface area contributed by atoms with Crippen LogP contribution in [-0.4, -0.2) is 59.9 Å². The molecule has 12 heteroatoms. The summed E-state index contributed by atoms with van der Waals surface area (Å²) in [5.74, 6) is -2.40. The van der Waals surface area contributed by atoms with Crippen molar-refractivity contribution in [1.82, 2.24) is 0 Å². The van der Waals surface area contributed by atoms with Crippen molar-refractivity contribution in [3.8, 4) is 0 Å². The lowest BCUT2D eigenvalue weighted by atomic mass is 10.0. The number of carboxylic acids is 1. The number of phosphoric acid groups is 1. The molecule has 4 N–H and O–H groups in total. The number of hydrogen-bond acceptors (Lipinski definition) is 9. The zero-order valence-corrected chi connectivity index (χ0v) is 38.9. The number of aliphatic carboxylic acids is 1. The van der Waals surface area contributed by atoms with Gasteiger partial charge in [0.1, 0.15) is 12.6 Å². The first-order valence-corrected chi connectivity index (χ1v) is 25.5. The van der Waals surface area contributed by atoms with E-state index in [2.05, 4.69) is 30.5 Å². The Morgan fingerprint density at radius 2 is 0.933 bits per heavy atom. The fourth-order valence-corrected chi connectivity index (χ4v) is 7.49. The number of ether oxygens (including phenoxy) is 2. The van der Waals surface area contributed by atoms with Gasteiger partial charge in [-0.3, -0.25) is 23.4 Å². The summed E-state index contributed by atoms with van der Waals surface area (Å²) in [6.45, 7) is 2.67. The van der Waals surface area contributed by atoms with Gasteiger partial charge in [0.25, 0.3) is 0 Å². The number of rotatable bonds is 45. The van der Waals surface area contributed by atoms with Gasteiger partial charge in [0.2, 0.25) is 0 Å². The van der Waals surface area contributed by atoms with E-state index >= 15 is 0 Å². The van der Waals surface area contributed by atoms with Crippen molar-refractivity contribution in [2.24, 2.45) is 5.73 Å². The molecule has 0 fully saturated rings. The van der Waals surface area contributed by atoms with Gasteiger partial charge in [0.15, 0.2) is 6.10 Å². The highest BCUT2D eigenvalue weighted by atomic mass is 31.2. The van der Waals surface area contributed by atoms with Gasteiger partial charge in [-0.15, -0.1) is 0 Å². The van der Waals surface area contributed by atoms with Gasteiger partial charge in [-0.05, 0) is 32.1 Å². The summed E-state index contributed by atoms with van der Waals surface area (Å²) >= 11 is 0. The molecule has 0 saturated carbocycles. The maximum absolute atomic E-state index is 12.6. The van der Waals surface area contributed by atoms with Gasteiger partial charge in [0.05, 0.1) is 13.2 Å². The molecule has 0 aliphatic carbocycles. The highest BCUT2D eigenvalue weighted by molar-refractivity contribution is 7.47. The molecule has 0 amide bonds. The Hall–Kier alpha value is -2.30. The van der Waals surface area contributed by atoms with Crippen LogP contribution in [0.15, 0.2) is 36.5 Å². The standard InChI is InChI=1S/C48H88NO10P/c1-3-5-7-9-11-13-15-17-18-19-20-21-22-23-24-25-26-28-29-31-33-35-37-39-46(50)56-41-44(42-57-60(54,55)58-43-45(49)48(52)53)59-47(51)40-38-36-34-32-30-27-16-14-12-10-8-6-4-2/h6,8,10,12,14,16,44-45H,3-5,7,9,11,13,15,17-43,49H2,1-2H3,(H,52,53)(H,54,55)/b8-6+,12-10+,16-14+/t44?,45-/m0/s1. The fraction of sp³-hybridized carbons (Fsp3) is 0.812. The van der Waals surface area contributed by atoms with Crippen LogP contribution in [0.2, 0.25) is 0 Å². The summed E-state index contributed by atoms with van der Waals surface area (Å²) in [7, 11) is -4.72. The lowest BCUT2D eigenvalue weighted by Crippen LogP contribution is -2.34. The molecule has 0 heterocycles. The van der Waals surface area contributed by atoms with Crippen molar-refractivity contribution in [3.05, 3.63) is 36.5 Å². The maximum Gasteiger partial charge on any atom is 0.472 e. The third kappa shape index (κ3) is 42.4. The van der Waals surface area contributed by atoms with Crippen molar-refractivity contribution >= 4 is 25.7 Å². The minimum absolute atomic E-state index is 0.140. The normalized spacial score (nSPS) is 13.9. The smallest absolute Gasteiger partial charge is 0.472 e. The zero-order valence-electron chi connectivity index (χ0n) is 38.1. The van der Waals surface area contributed by atoms with Crippen LogP contribution in [0.4, 0.5) is 0 Å². The Kier molecular flexibility index (Phi) is 41.7. The molecule has 11 nitrogen and oxygen atoms in total. The molecule has 0 aliphatic heterocycles. The van der Waals surface area contributed by atoms with Crippen LogP contribution < -0.4 is 5.73 Å². The first kappa shape index (κ1) is 57.7. The molecule has 350 valence electrons. The number of phosphoric ester groups is 1. The van der Waals surface area contributed by atoms with Crippen molar-refractivity contribution in [1.29, 1.82) is 0 Å². The van der Waals surface area contributed by atoms with E-state index < -0.39 is 51.1 Å². The third-order valence-electron chi connectivity index (χ3n) is 10.5. The molecule has 0 rings (SSSR count). The SMILES string of the molecule is CC/C=C/C=C/C=C/CCCCCCCC(=O)OC(COC(=O)CCCCCCCCCCCCCCCCCCCCCCCCC)COP(=O)(O)OC[C@H](N)C(=O)O. The number of esters is 2. The highest BCUT2D eigenvalue weighted by Gasteiger charge is 2.28. The average molecular weight is 870 g/mol. The molecule has 60 heavy (non-hydrogen) atoms. The molecule has 0 radical (unpaired) electrons. The molecule has 3 atom stereocenters. The van der Waals surface area contributed by atoms with Crippen molar-refractivity contribution in [2.45, 2.75) is 231 Å². The lowest BCUT2D eigenvalue weighted by Gasteiger charge is -2.20. The molecule has 0 aromatic rings. The molecule has 0 saturated heterocycles. The van der Waals surface area contributed by atoms with Gasteiger partial charge in [-0.25, -0.2) is 4.57 Å². The van der Waals surface area contributed by atoms with Gasteiger partial charge >= 0.3 is 25.7 Å². The predicted molar refractivity (Wildman–Crippen MR) is 245 cm³/mol. The number of carboxylic acid groups (broad SMARTS) is 1. The first-order valence-electron chi connectivity index (χ1n) is 24.0. The van der Waals surface area contributed by atoms with Crippen molar-refractivity contribution < 1.29 is 47.5 Å². The van der Waals surface area contributed by atoms with Gasteiger partial charge < -0.3 is 25.2 Å². The van der Waals surface area contributed by atoms with E-state index in [1.54, 1.807) is 0 Å². The molecule has 0 aromatic heterocycles. The van der Waals surface area contributed by atoms with Crippen molar-refractivity contribution in [3.63, 3.8) is 0 Å². The summed E-state index contributed by atoms with van der Waals surface area (Å²) in [5, 5.41) is 8.90. The predicted octanol–water partition coefficient (Wildman–Crippen LogP) is 13.2. The summed E-state index contributed by atoms with van der Waals surface area (Å²) in [5.41, 5.74) is 5.34. The first-order chi connectivity index (χ1) is 29.1. The molecule has 0 aromatic carbocycles. The van der Waals surface area contributed by atoms with Crippen LogP contribution in [0.1, 0.15) is 219 Å². The summed E-state index contributed by atoms with van der Waals surface area (Å²) in [6, 6.07) is -1.52. The summed E-state index contributed by atoms with van der Waals surface area (Å²) in [6.07, 6.45) is 48.0. The van der Waals surface area contributed by atoms with Crippen LogP contribution >= 0.6 is 7.82 Å². The monoisotopic (exact) mass is 870 g/mol. The van der Waals surface area contributed by atoms with Crippen molar-refractivity contribution in [2.75, 3.05) is 19.8 Å². The van der Waals surface area contributed by atoms with E-state index in [1.165, 1.54) is 122 Å². The summed E-state index contributed by atoms with van der Waals surface area (Å²) in [4.78, 5) is 46.0. The second kappa shape index (κ2) is 43.4. The molecular formula is C48H88NO10P. The number of nitrogens with two attached hydrogens (primary N) is 1. The number of hydrogen-bond donors (Lipinski definition) is 3. The molecule has 0 aliphatic rings. The fourth-order valence-electron chi connectivity index (χ4n) is 6.71. The molecule has 0 spiro atoms. The number of carbonyl (C=O) groups excluding carboxylic acids is 2. The van der Waals surface area contributed by atoms with E-state index in [1.807, 2.05) is 24.3 Å². The van der Waals surface area contributed by atoms with Gasteiger partial charge in [-0.1, -0.05) is 211 Å². The Bertz CT molecular complexity index is 1160. The van der Waals surface area contributed by atoms with E-state index in [-0.39, 0.29) is 19.4 Å². The van der Waals surface area contributed by atoms with Crippen LogP contribution in [0.5, 0.6) is 0 Å². The largest absolute Gasteiger partial charge is 0.480 e. The Balaban J connectivity index is 4.19. The third-order valence-corrected chi connectivity index (χ3v) is 11.4. The van der Waals surface area contributed by atoms with E-state index in [4.69, 9.17) is 24.8 Å². The molecule has 2 unspecified atom stereocenters. The lowest BCUT2D eigenvalue weighted by molar-refractivity contribution is -0.161. The van der Waals surface area contributed by atoms with Gasteiger partial charge in [0, 0.05) is 12.8 Å².